The van der Waals surface area contributed by atoms with Gasteiger partial charge in [-0.05, 0) is 19.1 Å². The Morgan fingerprint density at radius 2 is 1.88 bits per heavy atom. The van der Waals surface area contributed by atoms with Crippen LogP contribution in [0.15, 0.2) is 42.1 Å². The first-order chi connectivity index (χ1) is 7.63. The lowest BCUT2D eigenvalue weighted by Crippen LogP contribution is -2.22. The molecule has 0 spiro atoms. The first-order valence-electron chi connectivity index (χ1n) is 4.76. The minimum atomic E-state index is -0.495. The quantitative estimate of drug-likeness (QED) is 0.619. The van der Waals surface area contributed by atoms with Crippen LogP contribution in [0, 0.1) is 0 Å². The monoisotopic (exact) mass is 219 g/mol. The second-order valence-electron chi connectivity index (χ2n) is 3.17. The Balaban J connectivity index is 2.66. The average molecular weight is 219 g/mol. The second kappa shape index (κ2) is 5.70. The molecule has 0 fully saturated rings. The fourth-order valence-electron chi connectivity index (χ4n) is 1.11. The Hall–Kier alpha value is -2.10. The normalized spacial score (nSPS) is 10.8. The zero-order valence-corrected chi connectivity index (χ0v) is 9.19. The van der Waals surface area contributed by atoms with Gasteiger partial charge in [0.1, 0.15) is 0 Å². The second-order valence-corrected chi connectivity index (χ2v) is 3.17. The molecule has 1 aromatic rings. The zero-order valence-electron chi connectivity index (χ0n) is 9.19. The van der Waals surface area contributed by atoms with Gasteiger partial charge in [0.2, 0.25) is 0 Å². The van der Waals surface area contributed by atoms with E-state index in [0.29, 0.717) is 11.3 Å². The number of hydrogen-bond donors (Lipinski definition) is 1. The van der Waals surface area contributed by atoms with E-state index >= 15 is 0 Å². The van der Waals surface area contributed by atoms with Gasteiger partial charge in [0.15, 0.2) is 0 Å². The highest BCUT2D eigenvalue weighted by molar-refractivity contribution is 5.96. The molecule has 16 heavy (non-hydrogen) atoms. The number of rotatable bonds is 3. The third kappa shape index (κ3) is 3.57. The maximum absolute atomic E-state index is 11.6. The summed E-state index contributed by atoms with van der Waals surface area (Å²) in [7, 11) is 1.28. The van der Waals surface area contributed by atoms with Gasteiger partial charge in [-0.25, -0.2) is 4.79 Å². The van der Waals surface area contributed by atoms with Crippen LogP contribution in [0.5, 0.6) is 0 Å². The highest BCUT2D eigenvalue weighted by atomic mass is 16.5. The largest absolute Gasteiger partial charge is 0.466 e. The average Bonchev–Trinajstić information content (AvgIpc) is 2.29. The van der Waals surface area contributed by atoms with Crippen molar-refractivity contribution in [3.8, 4) is 0 Å². The van der Waals surface area contributed by atoms with Crippen LogP contribution >= 0.6 is 0 Å². The van der Waals surface area contributed by atoms with E-state index in [9.17, 15) is 9.59 Å². The number of carbonyl (C=O) groups excluding carboxylic acids is 2. The maximum Gasteiger partial charge on any atom is 0.332 e. The first kappa shape index (κ1) is 12.0. The van der Waals surface area contributed by atoms with Crippen molar-refractivity contribution in [2.75, 3.05) is 7.11 Å². The number of methoxy groups -OCH3 is 1. The van der Waals surface area contributed by atoms with Crippen LogP contribution in [0.25, 0.3) is 0 Å². The van der Waals surface area contributed by atoms with Crippen molar-refractivity contribution in [1.82, 2.24) is 5.32 Å². The molecule has 0 saturated heterocycles. The van der Waals surface area contributed by atoms with E-state index < -0.39 is 5.97 Å². The number of allylic oxidation sites excluding steroid dienone is 1. The molecule has 1 rings (SSSR count). The van der Waals surface area contributed by atoms with E-state index in [1.807, 2.05) is 6.07 Å². The Morgan fingerprint density at radius 3 is 2.44 bits per heavy atom. The van der Waals surface area contributed by atoms with E-state index in [-0.39, 0.29) is 5.91 Å². The molecular formula is C12H13NO3. The summed E-state index contributed by atoms with van der Waals surface area (Å²) < 4.78 is 4.44. The molecule has 1 aromatic carbocycles. The minimum absolute atomic E-state index is 0.252. The molecule has 4 nitrogen and oxygen atoms in total. The van der Waals surface area contributed by atoms with Crippen LogP contribution in [0.2, 0.25) is 0 Å². The number of ether oxygens (including phenoxy) is 1. The van der Waals surface area contributed by atoms with Gasteiger partial charge in [-0.15, -0.1) is 0 Å². The van der Waals surface area contributed by atoms with Gasteiger partial charge in [-0.3, -0.25) is 4.79 Å². The van der Waals surface area contributed by atoms with Crippen molar-refractivity contribution < 1.29 is 14.3 Å². The van der Waals surface area contributed by atoms with Crippen molar-refractivity contribution in [3.05, 3.63) is 47.7 Å². The predicted octanol–water partition coefficient (Wildman–Crippen LogP) is 1.49. The SMILES string of the molecule is COC(=O)C=C(C)NC(=O)c1ccccc1. The first-order valence-corrected chi connectivity index (χ1v) is 4.76. The number of carbonyl (C=O) groups is 2. The smallest absolute Gasteiger partial charge is 0.332 e. The summed E-state index contributed by atoms with van der Waals surface area (Å²) in [4.78, 5) is 22.5. The van der Waals surface area contributed by atoms with E-state index in [2.05, 4.69) is 10.1 Å². The molecular weight excluding hydrogens is 206 g/mol. The third-order valence-electron chi connectivity index (χ3n) is 1.88. The lowest BCUT2D eigenvalue weighted by molar-refractivity contribution is -0.134. The highest BCUT2D eigenvalue weighted by Gasteiger charge is 2.05. The number of benzene rings is 1. The van der Waals surface area contributed by atoms with Crippen molar-refractivity contribution in [1.29, 1.82) is 0 Å². The van der Waals surface area contributed by atoms with Gasteiger partial charge in [0.25, 0.3) is 5.91 Å². The molecule has 0 unspecified atom stereocenters. The van der Waals surface area contributed by atoms with Crippen LogP contribution in [0.4, 0.5) is 0 Å². The highest BCUT2D eigenvalue weighted by Crippen LogP contribution is 1.99. The Bertz CT molecular complexity index is 410. The summed E-state index contributed by atoms with van der Waals surface area (Å²) in [5, 5.41) is 2.58. The third-order valence-corrected chi connectivity index (χ3v) is 1.88. The molecule has 0 heterocycles. The molecule has 0 aliphatic heterocycles. The molecule has 1 amide bonds. The minimum Gasteiger partial charge on any atom is -0.466 e. The molecule has 4 heteroatoms. The summed E-state index contributed by atoms with van der Waals surface area (Å²) in [5.41, 5.74) is 0.987. The molecule has 1 N–H and O–H groups in total. The topological polar surface area (TPSA) is 55.4 Å². The number of esters is 1. The Labute approximate surface area is 93.9 Å². The van der Waals surface area contributed by atoms with Crippen LogP contribution in [0.3, 0.4) is 0 Å². The van der Waals surface area contributed by atoms with Gasteiger partial charge < -0.3 is 10.1 Å². The van der Waals surface area contributed by atoms with Crippen LogP contribution in [-0.2, 0) is 9.53 Å². The predicted molar refractivity (Wildman–Crippen MR) is 59.7 cm³/mol. The van der Waals surface area contributed by atoms with Gasteiger partial charge in [0, 0.05) is 17.3 Å². The van der Waals surface area contributed by atoms with E-state index in [4.69, 9.17) is 0 Å². The zero-order chi connectivity index (χ0) is 12.0. The molecule has 0 bridgehead atoms. The maximum atomic E-state index is 11.6. The van der Waals surface area contributed by atoms with Crippen molar-refractivity contribution in [2.24, 2.45) is 0 Å². The molecule has 0 aromatic heterocycles. The summed E-state index contributed by atoms with van der Waals surface area (Å²) in [6, 6.07) is 8.76. The van der Waals surface area contributed by atoms with Gasteiger partial charge in [0.05, 0.1) is 7.11 Å². The van der Waals surface area contributed by atoms with E-state index in [0.717, 1.165) is 0 Å². The fourth-order valence-corrected chi connectivity index (χ4v) is 1.11. The molecule has 0 radical (unpaired) electrons. The van der Waals surface area contributed by atoms with Gasteiger partial charge in [-0.2, -0.15) is 0 Å². The Morgan fingerprint density at radius 1 is 1.25 bits per heavy atom. The standard InChI is InChI=1S/C12H13NO3/c1-9(8-11(14)16-2)13-12(15)10-6-4-3-5-7-10/h3-8H,1-2H3,(H,13,15). The molecule has 84 valence electrons. The summed E-state index contributed by atoms with van der Waals surface area (Å²) in [5.74, 6) is -0.746. The van der Waals surface area contributed by atoms with Crippen molar-refractivity contribution in [2.45, 2.75) is 6.92 Å². The fraction of sp³-hybridized carbons (Fsp3) is 0.167. The summed E-state index contributed by atoms with van der Waals surface area (Å²) in [6.07, 6.45) is 1.22. The molecule has 0 aliphatic rings. The lowest BCUT2D eigenvalue weighted by atomic mass is 10.2. The molecule has 0 atom stereocenters. The Kier molecular flexibility index (Phi) is 4.27. The lowest BCUT2D eigenvalue weighted by Gasteiger charge is -2.04. The molecule has 0 saturated carbocycles. The summed E-state index contributed by atoms with van der Waals surface area (Å²) in [6.45, 7) is 1.62. The number of amides is 1. The van der Waals surface area contributed by atoms with Crippen LogP contribution in [-0.4, -0.2) is 19.0 Å². The molecule has 0 aliphatic carbocycles. The van der Waals surface area contributed by atoms with Crippen LogP contribution in [0.1, 0.15) is 17.3 Å². The van der Waals surface area contributed by atoms with Gasteiger partial charge >= 0.3 is 5.97 Å². The van der Waals surface area contributed by atoms with Crippen LogP contribution < -0.4 is 5.32 Å². The number of nitrogens with one attached hydrogen (secondary N) is 1. The van der Waals surface area contributed by atoms with Crippen molar-refractivity contribution >= 4 is 11.9 Å². The summed E-state index contributed by atoms with van der Waals surface area (Å²) >= 11 is 0. The van der Waals surface area contributed by atoms with Gasteiger partial charge in [-0.1, -0.05) is 18.2 Å². The van der Waals surface area contributed by atoms with Crippen molar-refractivity contribution in [3.63, 3.8) is 0 Å². The van der Waals surface area contributed by atoms with E-state index in [1.54, 1.807) is 31.2 Å². The number of hydrogen-bond acceptors (Lipinski definition) is 3. The van der Waals surface area contributed by atoms with E-state index in [1.165, 1.54) is 13.2 Å².